The number of benzene rings is 1. The minimum absolute atomic E-state index is 0.0423. The molecule has 1 aromatic carbocycles. The summed E-state index contributed by atoms with van der Waals surface area (Å²) < 4.78 is 10.00. The molecule has 0 atom stereocenters. The number of methoxy groups -OCH3 is 1. The van der Waals surface area contributed by atoms with Gasteiger partial charge in [-0.2, -0.15) is 0 Å². The summed E-state index contributed by atoms with van der Waals surface area (Å²) in [6, 6.07) is 4.15. The predicted octanol–water partition coefficient (Wildman–Crippen LogP) is 3.87. The minimum Gasteiger partial charge on any atom is -0.496 e. The molecule has 6 heteroatoms. The number of nitro benzene ring substituents is 1. The number of hydrogen-bond acceptors (Lipinski definition) is 5. The van der Waals surface area contributed by atoms with E-state index in [1.54, 1.807) is 0 Å². The van der Waals surface area contributed by atoms with E-state index < -0.39 is 10.9 Å². The minimum atomic E-state index is -0.591. The first-order valence-corrected chi connectivity index (χ1v) is 7.11. The van der Waals surface area contributed by atoms with Gasteiger partial charge in [0.05, 0.1) is 18.1 Å². The Morgan fingerprint density at radius 3 is 2.57 bits per heavy atom. The molecule has 1 aromatic rings. The smallest absolute Gasteiger partial charge is 0.315 e. The Balaban J connectivity index is 2.57. The van der Waals surface area contributed by atoms with Crippen LogP contribution in [0.3, 0.4) is 0 Å². The lowest BCUT2D eigenvalue weighted by Crippen LogP contribution is -2.09. The maximum absolute atomic E-state index is 11.7. The van der Waals surface area contributed by atoms with E-state index >= 15 is 0 Å². The van der Waals surface area contributed by atoms with Gasteiger partial charge in [-0.15, -0.1) is 0 Å². The van der Waals surface area contributed by atoms with Crippen LogP contribution in [0.2, 0.25) is 0 Å². The molecule has 0 heterocycles. The van der Waals surface area contributed by atoms with E-state index in [0.29, 0.717) is 5.75 Å². The van der Waals surface area contributed by atoms with Gasteiger partial charge in [-0.3, -0.25) is 14.9 Å². The molecule has 0 unspecified atom stereocenters. The molecule has 0 saturated carbocycles. The number of carbonyl (C=O) groups excluding carboxylic acids is 1. The lowest BCUT2D eigenvalue weighted by Gasteiger charge is -2.06. The molecule has 0 aromatic heterocycles. The summed E-state index contributed by atoms with van der Waals surface area (Å²) in [4.78, 5) is 22.1. The fourth-order valence-electron chi connectivity index (χ4n) is 1.90. The molecule has 1 rings (SSSR count). The number of carbonyl (C=O) groups is 1. The molecule has 21 heavy (non-hydrogen) atoms. The molecule has 0 saturated heterocycles. The van der Waals surface area contributed by atoms with E-state index in [9.17, 15) is 14.9 Å². The Morgan fingerprint density at radius 2 is 1.95 bits per heavy atom. The lowest BCUT2D eigenvalue weighted by molar-refractivity contribution is -0.385. The van der Waals surface area contributed by atoms with Gasteiger partial charge in [0.2, 0.25) is 5.75 Å². The topological polar surface area (TPSA) is 78.7 Å². The van der Waals surface area contributed by atoms with E-state index in [0.717, 1.165) is 32.1 Å². The Labute approximate surface area is 124 Å². The number of esters is 1. The molecule has 0 aliphatic carbocycles. The van der Waals surface area contributed by atoms with Crippen molar-refractivity contribution in [3.05, 3.63) is 28.3 Å². The molecule has 0 radical (unpaired) electrons. The van der Waals surface area contributed by atoms with Gasteiger partial charge in [0.1, 0.15) is 5.75 Å². The summed E-state index contributed by atoms with van der Waals surface area (Å²) in [5, 5.41) is 11.0. The second-order valence-corrected chi connectivity index (χ2v) is 4.73. The Morgan fingerprint density at radius 1 is 1.24 bits per heavy atom. The van der Waals surface area contributed by atoms with Crippen molar-refractivity contribution in [2.45, 2.75) is 45.4 Å². The summed E-state index contributed by atoms with van der Waals surface area (Å²) in [6.07, 6.45) is 5.36. The number of nitrogens with zero attached hydrogens (tertiary/aromatic N) is 1. The van der Waals surface area contributed by atoms with Crippen LogP contribution in [-0.2, 0) is 4.79 Å². The van der Waals surface area contributed by atoms with Crippen LogP contribution in [0.4, 0.5) is 5.69 Å². The van der Waals surface area contributed by atoms with Crippen LogP contribution in [-0.4, -0.2) is 18.0 Å². The molecule has 0 spiro atoms. The lowest BCUT2D eigenvalue weighted by atomic mass is 10.1. The Hall–Kier alpha value is -2.11. The monoisotopic (exact) mass is 295 g/mol. The van der Waals surface area contributed by atoms with Crippen molar-refractivity contribution >= 4 is 11.7 Å². The molecule has 0 N–H and O–H groups in total. The number of unbranched alkanes of at least 4 members (excludes halogenated alkanes) is 4. The van der Waals surface area contributed by atoms with Crippen molar-refractivity contribution in [2.75, 3.05) is 7.11 Å². The Kier molecular flexibility index (Phi) is 7.21. The average molecular weight is 295 g/mol. The van der Waals surface area contributed by atoms with E-state index in [1.807, 2.05) is 0 Å². The van der Waals surface area contributed by atoms with Crippen molar-refractivity contribution in [1.29, 1.82) is 0 Å². The molecular weight excluding hydrogens is 274 g/mol. The highest BCUT2D eigenvalue weighted by atomic mass is 16.6. The van der Waals surface area contributed by atoms with E-state index in [2.05, 4.69) is 6.92 Å². The third-order valence-electron chi connectivity index (χ3n) is 3.07. The van der Waals surface area contributed by atoms with Crippen LogP contribution in [0.1, 0.15) is 45.4 Å². The van der Waals surface area contributed by atoms with Crippen molar-refractivity contribution in [3.63, 3.8) is 0 Å². The molecule has 0 bridgehead atoms. The molecule has 0 aliphatic heterocycles. The number of ether oxygens (including phenoxy) is 2. The molecule has 6 nitrogen and oxygen atoms in total. The summed E-state index contributed by atoms with van der Waals surface area (Å²) in [5.74, 6) is -0.139. The summed E-state index contributed by atoms with van der Waals surface area (Å²) >= 11 is 0. The van der Waals surface area contributed by atoms with Gasteiger partial charge < -0.3 is 9.47 Å². The van der Waals surface area contributed by atoms with Crippen molar-refractivity contribution in [1.82, 2.24) is 0 Å². The third kappa shape index (κ3) is 5.81. The maximum atomic E-state index is 11.7. The Bertz CT molecular complexity index is 487. The largest absolute Gasteiger partial charge is 0.496 e. The van der Waals surface area contributed by atoms with Gasteiger partial charge in [-0.05, 0) is 18.6 Å². The summed E-state index contributed by atoms with van der Waals surface area (Å²) in [5.41, 5.74) is -0.270. The number of rotatable bonds is 9. The van der Waals surface area contributed by atoms with Gasteiger partial charge in [0.15, 0.2) is 0 Å². The zero-order chi connectivity index (χ0) is 15.7. The van der Waals surface area contributed by atoms with Gasteiger partial charge in [-0.25, -0.2) is 0 Å². The highest BCUT2D eigenvalue weighted by molar-refractivity contribution is 5.74. The zero-order valence-electron chi connectivity index (χ0n) is 12.5. The molecule has 116 valence electrons. The maximum Gasteiger partial charge on any atom is 0.315 e. The zero-order valence-corrected chi connectivity index (χ0v) is 12.5. The van der Waals surface area contributed by atoms with Crippen LogP contribution in [0.25, 0.3) is 0 Å². The molecular formula is C15H21NO5. The predicted molar refractivity (Wildman–Crippen MR) is 78.7 cm³/mol. The first-order chi connectivity index (χ1) is 10.1. The summed E-state index contributed by atoms with van der Waals surface area (Å²) in [6.45, 7) is 2.12. The molecule has 0 fully saturated rings. The third-order valence-corrected chi connectivity index (χ3v) is 3.07. The highest BCUT2D eigenvalue weighted by Gasteiger charge is 2.19. The summed E-state index contributed by atoms with van der Waals surface area (Å²) in [7, 11) is 1.42. The average Bonchev–Trinajstić information content (AvgIpc) is 2.47. The van der Waals surface area contributed by atoms with Crippen LogP contribution < -0.4 is 9.47 Å². The van der Waals surface area contributed by atoms with Gasteiger partial charge >= 0.3 is 11.7 Å². The van der Waals surface area contributed by atoms with Crippen molar-refractivity contribution < 1.29 is 19.2 Å². The fraction of sp³-hybridized carbons (Fsp3) is 0.533. The van der Waals surface area contributed by atoms with Crippen molar-refractivity contribution in [2.24, 2.45) is 0 Å². The first kappa shape index (κ1) is 16.9. The van der Waals surface area contributed by atoms with Crippen LogP contribution in [0, 0.1) is 10.1 Å². The molecule has 0 amide bonds. The van der Waals surface area contributed by atoms with E-state index in [4.69, 9.17) is 9.47 Å². The van der Waals surface area contributed by atoms with Crippen LogP contribution >= 0.6 is 0 Å². The van der Waals surface area contributed by atoms with Gasteiger partial charge in [-0.1, -0.05) is 32.6 Å². The normalized spacial score (nSPS) is 10.2. The number of nitro groups is 1. The van der Waals surface area contributed by atoms with Gasteiger partial charge in [0, 0.05) is 6.42 Å². The fourth-order valence-corrected chi connectivity index (χ4v) is 1.90. The number of hydrogen-bond donors (Lipinski definition) is 0. The second-order valence-electron chi connectivity index (χ2n) is 4.73. The highest BCUT2D eigenvalue weighted by Crippen LogP contribution is 2.31. The van der Waals surface area contributed by atoms with Crippen LogP contribution in [0.5, 0.6) is 11.5 Å². The molecule has 0 aliphatic rings. The van der Waals surface area contributed by atoms with Gasteiger partial charge in [0.25, 0.3) is 0 Å². The van der Waals surface area contributed by atoms with E-state index in [1.165, 1.54) is 25.3 Å². The van der Waals surface area contributed by atoms with E-state index in [-0.39, 0.29) is 17.9 Å². The standard InChI is InChI=1S/C15H21NO5/c1-3-4-5-6-7-8-15(17)21-14-10-9-12(20-2)11-13(14)16(18)19/h9-11H,3-8H2,1-2H3. The first-order valence-electron chi connectivity index (χ1n) is 7.11. The van der Waals surface area contributed by atoms with Crippen LogP contribution in [0.15, 0.2) is 18.2 Å². The SMILES string of the molecule is CCCCCCCC(=O)Oc1ccc(OC)cc1[N+](=O)[O-]. The quantitative estimate of drug-likeness (QED) is 0.227. The second kappa shape index (κ2) is 8.94. The van der Waals surface area contributed by atoms with Crippen molar-refractivity contribution in [3.8, 4) is 11.5 Å².